The van der Waals surface area contributed by atoms with E-state index in [2.05, 4.69) is 14.3 Å². The molecule has 26 heavy (non-hydrogen) atoms. The van der Waals surface area contributed by atoms with Gasteiger partial charge in [0.1, 0.15) is 11.6 Å². The second-order valence-electron chi connectivity index (χ2n) is 6.50. The lowest BCUT2D eigenvalue weighted by atomic mass is 10.3. The van der Waals surface area contributed by atoms with Crippen molar-refractivity contribution in [1.82, 2.24) is 13.7 Å². The number of benzene rings is 1. The summed E-state index contributed by atoms with van der Waals surface area (Å²) in [4.78, 5) is 7.06. The minimum absolute atomic E-state index is 0.307. The van der Waals surface area contributed by atoms with E-state index in [0.717, 1.165) is 11.0 Å². The van der Waals surface area contributed by atoms with Crippen molar-refractivity contribution in [3.63, 3.8) is 0 Å². The Hall–Kier alpha value is -1.71. The Morgan fingerprint density at radius 3 is 2.46 bits per heavy atom. The van der Waals surface area contributed by atoms with Gasteiger partial charge in [0.2, 0.25) is 15.2 Å². The van der Waals surface area contributed by atoms with Gasteiger partial charge in [0.15, 0.2) is 0 Å². The molecule has 2 heterocycles. The summed E-state index contributed by atoms with van der Waals surface area (Å²) in [5, 5.41) is 0.907. The van der Waals surface area contributed by atoms with Gasteiger partial charge in [-0.3, -0.25) is 0 Å². The molecular formula is C17H22N4O3S2. The average Bonchev–Trinajstić information content (AvgIpc) is 3.39. The van der Waals surface area contributed by atoms with Gasteiger partial charge < -0.3 is 9.64 Å². The fourth-order valence-corrected chi connectivity index (χ4v) is 5.23. The van der Waals surface area contributed by atoms with Gasteiger partial charge in [-0.2, -0.15) is 8.68 Å². The van der Waals surface area contributed by atoms with Crippen LogP contribution in [-0.4, -0.2) is 54.9 Å². The summed E-state index contributed by atoms with van der Waals surface area (Å²) >= 11 is 1.42. The van der Waals surface area contributed by atoms with Crippen LogP contribution in [0.3, 0.4) is 0 Å². The Kier molecular flexibility index (Phi) is 4.85. The standard InChI is InChI=1S/C17H22N4O3S2/c1-2-24-14-5-7-15(8-6-14)26(22,23)21-11-9-20(10-12-21)17-18-16(19-25-17)13-3-4-13/h5-8,13H,2-4,9-12H2,1H3. The van der Waals surface area contributed by atoms with E-state index in [1.807, 2.05) is 6.92 Å². The first-order chi connectivity index (χ1) is 12.6. The van der Waals surface area contributed by atoms with Crippen molar-refractivity contribution in [2.75, 3.05) is 37.7 Å². The van der Waals surface area contributed by atoms with Crippen LogP contribution >= 0.6 is 11.5 Å². The summed E-state index contributed by atoms with van der Waals surface area (Å²) in [5.74, 6) is 2.18. The summed E-state index contributed by atoms with van der Waals surface area (Å²) in [6, 6.07) is 6.62. The molecule has 0 amide bonds. The highest BCUT2D eigenvalue weighted by atomic mass is 32.2. The van der Waals surface area contributed by atoms with Crippen LogP contribution in [0.4, 0.5) is 5.13 Å². The van der Waals surface area contributed by atoms with Crippen molar-refractivity contribution in [2.45, 2.75) is 30.6 Å². The molecule has 2 aliphatic rings. The van der Waals surface area contributed by atoms with E-state index in [1.165, 1.54) is 24.4 Å². The Morgan fingerprint density at radius 1 is 1.15 bits per heavy atom. The molecule has 2 fully saturated rings. The van der Waals surface area contributed by atoms with Crippen LogP contribution in [0.5, 0.6) is 5.75 Å². The highest BCUT2D eigenvalue weighted by molar-refractivity contribution is 7.89. The smallest absolute Gasteiger partial charge is 0.243 e. The van der Waals surface area contributed by atoms with E-state index in [4.69, 9.17) is 4.74 Å². The van der Waals surface area contributed by atoms with Crippen LogP contribution in [0.15, 0.2) is 29.2 Å². The number of anilines is 1. The fourth-order valence-electron chi connectivity index (χ4n) is 3.01. The number of nitrogens with zero attached hydrogens (tertiary/aromatic N) is 4. The van der Waals surface area contributed by atoms with Crippen LogP contribution in [-0.2, 0) is 10.0 Å². The molecule has 0 atom stereocenters. The Morgan fingerprint density at radius 2 is 1.85 bits per heavy atom. The molecule has 1 aromatic heterocycles. The highest BCUT2D eigenvalue weighted by Gasteiger charge is 2.31. The maximum atomic E-state index is 12.8. The molecule has 0 unspecified atom stereocenters. The molecule has 9 heteroatoms. The quantitative estimate of drug-likeness (QED) is 0.748. The first-order valence-electron chi connectivity index (χ1n) is 8.89. The molecule has 0 radical (unpaired) electrons. The van der Waals surface area contributed by atoms with Crippen molar-refractivity contribution in [1.29, 1.82) is 0 Å². The average molecular weight is 395 g/mol. The van der Waals surface area contributed by atoms with E-state index in [1.54, 1.807) is 28.6 Å². The third-order valence-electron chi connectivity index (χ3n) is 4.66. The summed E-state index contributed by atoms with van der Waals surface area (Å²) in [6.45, 7) is 4.63. The second-order valence-corrected chi connectivity index (χ2v) is 9.17. The largest absolute Gasteiger partial charge is 0.494 e. The molecule has 7 nitrogen and oxygen atoms in total. The minimum atomic E-state index is -3.48. The molecule has 1 aromatic carbocycles. The Balaban J connectivity index is 1.41. The van der Waals surface area contributed by atoms with Crippen LogP contribution in [0.2, 0.25) is 0 Å². The summed E-state index contributed by atoms with van der Waals surface area (Å²) in [5.41, 5.74) is 0. The van der Waals surface area contributed by atoms with Crippen molar-refractivity contribution in [3.8, 4) is 5.75 Å². The van der Waals surface area contributed by atoms with Gasteiger partial charge in [0.05, 0.1) is 11.5 Å². The van der Waals surface area contributed by atoms with E-state index in [-0.39, 0.29) is 0 Å². The predicted octanol–water partition coefficient (Wildman–Crippen LogP) is 2.33. The molecule has 2 aromatic rings. The van der Waals surface area contributed by atoms with Crippen molar-refractivity contribution in [2.24, 2.45) is 0 Å². The van der Waals surface area contributed by atoms with Gasteiger partial charge in [-0.25, -0.2) is 13.4 Å². The molecule has 1 saturated carbocycles. The highest BCUT2D eigenvalue weighted by Crippen LogP contribution is 2.39. The van der Waals surface area contributed by atoms with Crippen LogP contribution in [0.1, 0.15) is 31.5 Å². The maximum Gasteiger partial charge on any atom is 0.243 e. The number of hydrogen-bond donors (Lipinski definition) is 0. The van der Waals surface area contributed by atoms with Gasteiger partial charge in [-0.1, -0.05) is 0 Å². The Bertz CT molecular complexity index is 854. The third kappa shape index (κ3) is 3.56. The van der Waals surface area contributed by atoms with Crippen molar-refractivity contribution in [3.05, 3.63) is 30.1 Å². The maximum absolute atomic E-state index is 12.8. The Labute approximate surface area is 157 Å². The molecule has 0 spiro atoms. The fraction of sp³-hybridized carbons (Fsp3) is 0.529. The van der Waals surface area contributed by atoms with Crippen LogP contribution in [0, 0.1) is 0 Å². The van der Waals surface area contributed by atoms with Crippen molar-refractivity contribution >= 4 is 26.7 Å². The number of rotatable bonds is 6. The first-order valence-corrected chi connectivity index (χ1v) is 11.1. The lowest BCUT2D eigenvalue weighted by Gasteiger charge is -2.33. The van der Waals surface area contributed by atoms with Gasteiger partial charge in [-0.05, 0) is 44.0 Å². The zero-order valence-electron chi connectivity index (χ0n) is 14.7. The molecule has 4 rings (SSSR count). The van der Waals surface area contributed by atoms with Gasteiger partial charge in [0.25, 0.3) is 0 Å². The number of hydrogen-bond acceptors (Lipinski definition) is 7. The van der Waals surface area contributed by atoms with E-state index < -0.39 is 10.0 Å². The molecule has 1 aliphatic heterocycles. The molecule has 140 valence electrons. The number of ether oxygens (including phenoxy) is 1. The van der Waals surface area contributed by atoms with E-state index >= 15 is 0 Å². The summed E-state index contributed by atoms with van der Waals surface area (Å²) in [7, 11) is -3.48. The SMILES string of the molecule is CCOc1ccc(S(=O)(=O)N2CCN(c3nc(C4CC4)ns3)CC2)cc1. The van der Waals surface area contributed by atoms with Crippen molar-refractivity contribution < 1.29 is 13.2 Å². The second kappa shape index (κ2) is 7.13. The number of sulfonamides is 1. The molecule has 0 bridgehead atoms. The zero-order chi connectivity index (χ0) is 18.1. The summed E-state index contributed by atoms with van der Waals surface area (Å²) < 4.78 is 37.0. The van der Waals surface area contributed by atoms with Crippen LogP contribution < -0.4 is 9.64 Å². The number of aromatic nitrogens is 2. The van der Waals surface area contributed by atoms with E-state index in [0.29, 0.717) is 49.3 Å². The lowest BCUT2D eigenvalue weighted by Crippen LogP contribution is -2.48. The van der Waals surface area contributed by atoms with Gasteiger partial charge >= 0.3 is 0 Å². The van der Waals surface area contributed by atoms with Crippen LogP contribution in [0.25, 0.3) is 0 Å². The molecule has 0 N–H and O–H groups in total. The molecule has 1 saturated heterocycles. The third-order valence-corrected chi connectivity index (χ3v) is 7.36. The zero-order valence-corrected chi connectivity index (χ0v) is 16.3. The minimum Gasteiger partial charge on any atom is -0.494 e. The first kappa shape index (κ1) is 17.7. The van der Waals surface area contributed by atoms with Gasteiger partial charge in [-0.15, -0.1) is 0 Å². The monoisotopic (exact) mass is 394 g/mol. The predicted molar refractivity (Wildman–Crippen MR) is 100 cm³/mol. The molecular weight excluding hydrogens is 372 g/mol. The number of piperazine rings is 1. The normalized spacial score (nSPS) is 18.9. The summed E-state index contributed by atoms with van der Waals surface area (Å²) in [6.07, 6.45) is 2.37. The lowest BCUT2D eigenvalue weighted by molar-refractivity contribution is 0.340. The topological polar surface area (TPSA) is 75.6 Å². The van der Waals surface area contributed by atoms with Gasteiger partial charge in [0, 0.05) is 43.6 Å². The molecule has 1 aliphatic carbocycles. The van der Waals surface area contributed by atoms with E-state index in [9.17, 15) is 8.42 Å².